The molecule has 5 nitrogen and oxygen atoms in total. The van der Waals surface area contributed by atoms with Gasteiger partial charge in [0.2, 0.25) is 5.91 Å². The SMILES string of the molecule is Cc1ccc(N2C(=O)[C@@H]3[C@@H](c4ccccc4)N(c4ccccc4)O[C@H]3C2=O)c(C)c1. The van der Waals surface area contributed by atoms with Gasteiger partial charge in [-0.05, 0) is 43.2 Å². The summed E-state index contributed by atoms with van der Waals surface area (Å²) in [6.07, 6.45) is -0.844. The monoisotopic (exact) mass is 398 g/mol. The third-order valence-electron chi connectivity index (χ3n) is 5.86. The van der Waals surface area contributed by atoms with Gasteiger partial charge >= 0.3 is 0 Å². The number of carbonyl (C=O) groups excluding carboxylic acids is 2. The normalized spacial score (nSPS) is 23.2. The molecule has 2 saturated heterocycles. The Morgan fingerprint density at radius 3 is 2.13 bits per heavy atom. The topological polar surface area (TPSA) is 49.9 Å². The van der Waals surface area contributed by atoms with Gasteiger partial charge in [-0.2, -0.15) is 0 Å². The maximum absolute atomic E-state index is 13.6. The van der Waals surface area contributed by atoms with Gasteiger partial charge in [-0.3, -0.25) is 14.4 Å². The highest BCUT2D eigenvalue weighted by molar-refractivity contribution is 6.24. The number of fused-ring (bicyclic) bond motifs is 1. The van der Waals surface area contributed by atoms with Gasteiger partial charge in [0.1, 0.15) is 5.92 Å². The van der Waals surface area contributed by atoms with Crippen molar-refractivity contribution in [3.8, 4) is 0 Å². The van der Waals surface area contributed by atoms with Crippen molar-refractivity contribution in [3.05, 3.63) is 95.6 Å². The summed E-state index contributed by atoms with van der Waals surface area (Å²) in [5, 5.41) is 1.72. The minimum absolute atomic E-state index is 0.218. The third kappa shape index (κ3) is 2.82. The lowest BCUT2D eigenvalue weighted by molar-refractivity contribution is -0.126. The Balaban J connectivity index is 1.59. The third-order valence-corrected chi connectivity index (χ3v) is 5.86. The van der Waals surface area contributed by atoms with Crippen LogP contribution < -0.4 is 9.96 Å². The molecule has 150 valence electrons. The minimum atomic E-state index is -0.844. The van der Waals surface area contributed by atoms with Crippen LogP contribution in [0.25, 0.3) is 0 Å². The second-order valence-corrected chi connectivity index (χ2v) is 7.87. The van der Waals surface area contributed by atoms with Crippen molar-refractivity contribution < 1.29 is 14.4 Å². The van der Waals surface area contributed by atoms with Crippen molar-refractivity contribution in [2.75, 3.05) is 9.96 Å². The highest BCUT2D eigenvalue weighted by Crippen LogP contribution is 2.47. The zero-order valence-corrected chi connectivity index (χ0v) is 16.9. The number of rotatable bonds is 3. The molecule has 0 spiro atoms. The number of hydrogen-bond donors (Lipinski definition) is 0. The molecule has 0 saturated carbocycles. The lowest BCUT2D eigenvalue weighted by Crippen LogP contribution is -2.37. The summed E-state index contributed by atoms with van der Waals surface area (Å²) in [6, 6.07) is 24.7. The maximum Gasteiger partial charge on any atom is 0.266 e. The van der Waals surface area contributed by atoms with E-state index in [1.807, 2.05) is 92.7 Å². The maximum atomic E-state index is 13.6. The van der Waals surface area contributed by atoms with Gasteiger partial charge in [-0.25, -0.2) is 9.96 Å². The number of benzene rings is 3. The van der Waals surface area contributed by atoms with Gasteiger partial charge in [0.25, 0.3) is 5.91 Å². The van der Waals surface area contributed by atoms with E-state index in [1.54, 1.807) is 5.06 Å². The number of amides is 2. The molecule has 2 heterocycles. The van der Waals surface area contributed by atoms with E-state index in [-0.39, 0.29) is 17.9 Å². The van der Waals surface area contributed by atoms with Crippen LogP contribution in [-0.2, 0) is 14.4 Å². The minimum Gasteiger partial charge on any atom is -0.273 e. The van der Waals surface area contributed by atoms with Gasteiger partial charge in [0.05, 0.1) is 17.4 Å². The fourth-order valence-corrected chi connectivity index (χ4v) is 4.50. The van der Waals surface area contributed by atoms with Crippen molar-refractivity contribution in [1.82, 2.24) is 0 Å². The Labute approximate surface area is 175 Å². The molecule has 0 unspecified atom stereocenters. The van der Waals surface area contributed by atoms with E-state index in [1.165, 1.54) is 4.90 Å². The van der Waals surface area contributed by atoms with E-state index in [9.17, 15) is 9.59 Å². The number of imide groups is 1. The molecular formula is C25H22N2O3. The zero-order valence-electron chi connectivity index (χ0n) is 16.9. The average Bonchev–Trinajstić information content (AvgIpc) is 3.26. The molecule has 2 aliphatic rings. The summed E-state index contributed by atoms with van der Waals surface area (Å²) in [7, 11) is 0. The average molecular weight is 398 g/mol. The second kappa shape index (κ2) is 7.11. The van der Waals surface area contributed by atoms with Crippen molar-refractivity contribution >= 4 is 23.2 Å². The van der Waals surface area contributed by atoms with E-state index in [4.69, 9.17) is 4.84 Å². The summed E-state index contributed by atoms with van der Waals surface area (Å²) < 4.78 is 0. The predicted molar refractivity (Wildman–Crippen MR) is 115 cm³/mol. The summed E-state index contributed by atoms with van der Waals surface area (Å²) in [5.41, 5.74) is 4.38. The molecular weight excluding hydrogens is 376 g/mol. The van der Waals surface area contributed by atoms with Crippen molar-refractivity contribution in [3.63, 3.8) is 0 Å². The molecule has 3 atom stereocenters. The number of hydrogen-bond acceptors (Lipinski definition) is 4. The van der Waals surface area contributed by atoms with Crippen molar-refractivity contribution in [1.29, 1.82) is 0 Å². The lowest BCUT2D eigenvalue weighted by Gasteiger charge is -2.29. The van der Waals surface area contributed by atoms with Crippen LogP contribution in [0.2, 0.25) is 0 Å². The molecule has 0 bridgehead atoms. The van der Waals surface area contributed by atoms with Crippen LogP contribution in [0.1, 0.15) is 22.7 Å². The molecule has 2 amide bonds. The van der Waals surface area contributed by atoms with Gasteiger partial charge < -0.3 is 0 Å². The van der Waals surface area contributed by atoms with E-state index in [0.717, 1.165) is 22.4 Å². The van der Waals surface area contributed by atoms with Crippen molar-refractivity contribution in [2.24, 2.45) is 5.92 Å². The fraction of sp³-hybridized carbons (Fsp3) is 0.200. The number of anilines is 2. The quantitative estimate of drug-likeness (QED) is 0.616. The molecule has 0 N–H and O–H groups in total. The number of hydroxylamine groups is 1. The summed E-state index contributed by atoms with van der Waals surface area (Å²) in [6.45, 7) is 3.91. The molecule has 0 radical (unpaired) electrons. The van der Waals surface area contributed by atoms with E-state index in [2.05, 4.69) is 0 Å². The summed E-state index contributed by atoms with van der Waals surface area (Å²) in [4.78, 5) is 34.4. The molecule has 3 aromatic rings. The van der Waals surface area contributed by atoms with Gasteiger partial charge in [-0.15, -0.1) is 0 Å². The Hall–Kier alpha value is -3.44. The van der Waals surface area contributed by atoms with Crippen LogP contribution in [0.5, 0.6) is 0 Å². The molecule has 3 aromatic carbocycles. The first-order chi connectivity index (χ1) is 14.6. The summed E-state index contributed by atoms with van der Waals surface area (Å²) in [5.74, 6) is -1.14. The van der Waals surface area contributed by atoms with Crippen molar-refractivity contribution in [2.45, 2.75) is 26.0 Å². The van der Waals surface area contributed by atoms with Crippen LogP contribution >= 0.6 is 0 Å². The van der Waals surface area contributed by atoms with Crippen LogP contribution in [0, 0.1) is 19.8 Å². The highest BCUT2D eigenvalue weighted by atomic mass is 16.7. The molecule has 5 heteroatoms. The Morgan fingerprint density at radius 1 is 0.800 bits per heavy atom. The molecule has 2 aliphatic heterocycles. The molecule has 0 aliphatic carbocycles. The first kappa shape index (κ1) is 18.6. The number of nitrogens with zero attached hydrogens (tertiary/aromatic N) is 2. The van der Waals surface area contributed by atoms with Crippen LogP contribution in [0.15, 0.2) is 78.9 Å². The van der Waals surface area contributed by atoms with Gasteiger partial charge in [0.15, 0.2) is 6.10 Å². The Morgan fingerprint density at radius 2 is 1.47 bits per heavy atom. The van der Waals surface area contributed by atoms with E-state index < -0.39 is 12.0 Å². The fourth-order valence-electron chi connectivity index (χ4n) is 4.50. The number of para-hydroxylation sites is 1. The van der Waals surface area contributed by atoms with Crippen LogP contribution in [0.3, 0.4) is 0 Å². The zero-order chi connectivity index (χ0) is 20.8. The highest BCUT2D eigenvalue weighted by Gasteiger charge is 2.60. The molecule has 5 rings (SSSR count). The number of aryl methyl sites for hydroxylation is 2. The van der Waals surface area contributed by atoms with Crippen LogP contribution in [-0.4, -0.2) is 17.9 Å². The molecule has 0 aromatic heterocycles. The first-order valence-electron chi connectivity index (χ1n) is 10.1. The largest absolute Gasteiger partial charge is 0.273 e. The smallest absolute Gasteiger partial charge is 0.266 e. The first-order valence-corrected chi connectivity index (χ1v) is 10.1. The molecule has 2 fully saturated rings. The van der Waals surface area contributed by atoms with E-state index >= 15 is 0 Å². The van der Waals surface area contributed by atoms with E-state index in [0.29, 0.717) is 5.69 Å². The van der Waals surface area contributed by atoms with Crippen LogP contribution in [0.4, 0.5) is 11.4 Å². The lowest BCUT2D eigenvalue weighted by atomic mass is 9.90. The Bertz CT molecular complexity index is 1110. The second-order valence-electron chi connectivity index (χ2n) is 7.87. The number of carbonyl (C=O) groups is 2. The Kier molecular flexibility index (Phi) is 4.40. The van der Waals surface area contributed by atoms with Gasteiger partial charge in [-0.1, -0.05) is 66.2 Å². The summed E-state index contributed by atoms with van der Waals surface area (Å²) >= 11 is 0. The van der Waals surface area contributed by atoms with Gasteiger partial charge in [0, 0.05) is 0 Å². The standard InChI is InChI=1S/C25H22N2O3/c1-16-13-14-20(17(2)15-16)26-24(28)21-22(18-9-5-3-6-10-18)27(30-23(21)25(26)29)19-11-7-4-8-12-19/h3-15,21-23H,1-2H3/t21-,22-,23-/m1/s1. The molecule has 30 heavy (non-hydrogen) atoms. The predicted octanol–water partition coefficient (Wildman–Crippen LogP) is 4.35.